The molecule has 1 aromatic heterocycles. The van der Waals surface area contributed by atoms with Crippen LogP contribution in [0, 0.1) is 0 Å². The average Bonchev–Trinajstić information content (AvgIpc) is 2.59. The average molecular weight is 230 g/mol. The third-order valence-electron chi connectivity index (χ3n) is 2.60. The lowest BCUT2D eigenvalue weighted by molar-refractivity contribution is -0.131. The lowest BCUT2D eigenvalue weighted by atomic mass is 10.1. The Kier molecular flexibility index (Phi) is 2.56. The number of nitrogens with zero attached hydrogens (tertiary/aromatic N) is 1. The molecule has 15 heavy (non-hydrogen) atoms. The van der Waals surface area contributed by atoms with Crippen molar-refractivity contribution < 1.29 is 4.79 Å². The molecule has 0 aromatic carbocycles. The number of aromatic nitrogens is 2. The number of fused-ring (bicyclic) bond motifs is 1. The summed E-state index contributed by atoms with van der Waals surface area (Å²) in [6.07, 6.45) is 0.670. The number of hydrogen-bond acceptors (Lipinski definition) is 2. The number of H-pyrrole nitrogens is 2. The van der Waals surface area contributed by atoms with E-state index in [1.54, 1.807) is 11.8 Å². The molecule has 0 radical (unpaired) electrons. The molecule has 5 nitrogen and oxygen atoms in total. The number of alkyl halides is 1. The van der Waals surface area contributed by atoms with Gasteiger partial charge in [-0.15, -0.1) is 11.6 Å². The highest BCUT2D eigenvalue weighted by molar-refractivity contribution is 6.30. The zero-order valence-electron chi connectivity index (χ0n) is 8.34. The zero-order valence-corrected chi connectivity index (χ0v) is 9.10. The van der Waals surface area contributed by atoms with Crippen molar-refractivity contribution in [2.45, 2.75) is 25.3 Å². The van der Waals surface area contributed by atoms with Crippen LogP contribution >= 0.6 is 11.6 Å². The molecule has 0 bridgehead atoms. The molecule has 2 heterocycles. The number of hydrogen-bond donors (Lipinski definition) is 2. The third-order valence-corrected chi connectivity index (χ3v) is 2.78. The van der Waals surface area contributed by atoms with Crippen molar-refractivity contribution in [3.8, 4) is 0 Å². The Labute approximate surface area is 91.4 Å². The fraction of sp³-hybridized carbons (Fsp3) is 0.556. The van der Waals surface area contributed by atoms with E-state index < -0.39 is 5.38 Å². The van der Waals surface area contributed by atoms with E-state index in [1.807, 2.05) is 0 Å². The summed E-state index contributed by atoms with van der Waals surface area (Å²) in [5, 5.41) is 4.78. The molecule has 1 aliphatic rings. The predicted molar refractivity (Wildman–Crippen MR) is 55.8 cm³/mol. The van der Waals surface area contributed by atoms with Crippen LogP contribution in [-0.2, 0) is 17.8 Å². The van der Waals surface area contributed by atoms with E-state index in [0.29, 0.717) is 25.1 Å². The number of nitrogens with one attached hydrogen (secondary N) is 2. The second-order valence-corrected chi connectivity index (χ2v) is 4.32. The molecule has 0 spiro atoms. The molecule has 1 unspecified atom stereocenters. The Morgan fingerprint density at radius 2 is 2.27 bits per heavy atom. The summed E-state index contributed by atoms with van der Waals surface area (Å²) in [4.78, 5) is 24.6. The second kappa shape index (κ2) is 3.73. The Bertz CT molecular complexity index is 435. The molecule has 2 rings (SSSR count). The molecule has 0 aliphatic carbocycles. The Balaban J connectivity index is 2.21. The number of carbonyl (C=O) groups is 1. The standard InChI is InChI=1S/C9H12ClN3O2/c1-5(10)9(15)13-3-2-7-6(4-13)8(14)12-11-7/h5H,2-4H2,1H3,(H2,11,12,14). The van der Waals surface area contributed by atoms with E-state index >= 15 is 0 Å². The summed E-state index contributed by atoms with van der Waals surface area (Å²) in [7, 11) is 0. The molecule has 2 N–H and O–H groups in total. The first kappa shape index (κ1) is 10.3. The first-order chi connectivity index (χ1) is 7.09. The molecule has 0 saturated heterocycles. The number of halogens is 1. The maximum absolute atomic E-state index is 11.6. The lowest BCUT2D eigenvalue weighted by Crippen LogP contribution is -2.40. The lowest BCUT2D eigenvalue weighted by Gasteiger charge is -2.27. The zero-order chi connectivity index (χ0) is 11.0. The van der Waals surface area contributed by atoms with Crippen LogP contribution < -0.4 is 5.56 Å². The van der Waals surface area contributed by atoms with E-state index in [1.165, 1.54) is 0 Å². The van der Waals surface area contributed by atoms with Gasteiger partial charge in [-0.3, -0.25) is 14.7 Å². The van der Waals surface area contributed by atoms with Gasteiger partial charge < -0.3 is 10.00 Å². The van der Waals surface area contributed by atoms with Crippen LogP contribution in [0.1, 0.15) is 18.2 Å². The van der Waals surface area contributed by atoms with Gasteiger partial charge in [-0.2, -0.15) is 0 Å². The van der Waals surface area contributed by atoms with Crippen molar-refractivity contribution in [2.75, 3.05) is 6.54 Å². The molecular weight excluding hydrogens is 218 g/mol. The van der Waals surface area contributed by atoms with Crippen molar-refractivity contribution in [1.29, 1.82) is 0 Å². The smallest absolute Gasteiger partial charge is 0.269 e. The van der Waals surface area contributed by atoms with Gasteiger partial charge in [0.1, 0.15) is 5.38 Å². The van der Waals surface area contributed by atoms with Gasteiger partial charge in [-0.1, -0.05) is 0 Å². The highest BCUT2D eigenvalue weighted by atomic mass is 35.5. The molecule has 1 amide bonds. The van der Waals surface area contributed by atoms with Gasteiger partial charge in [-0.25, -0.2) is 0 Å². The van der Waals surface area contributed by atoms with Gasteiger partial charge in [0, 0.05) is 18.7 Å². The largest absolute Gasteiger partial charge is 0.336 e. The second-order valence-electron chi connectivity index (χ2n) is 3.66. The molecule has 1 aliphatic heterocycles. The fourth-order valence-electron chi connectivity index (χ4n) is 1.76. The number of amides is 1. The van der Waals surface area contributed by atoms with Crippen molar-refractivity contribution in [3.05, 3.63) is 21.6 Å². The summed E-state index contributed by atoms with van der Waals surface area (Å²) < 4.78 is 0. The minimum atomic E-state index is -0.537. The van der Waals surface area contributed by atoms with Crippen LogP contribution in [0.5, 0.6) is 0 Å². The molecular formula is C9H12ClN3O2. The molecule has 6 heteroatoms. The number of rotatable bonds is 1. The highest BCUT2D eigenvalue weighted by Crippen LogP contribution is 2.15. The normalized spacial score (nSPS) is 17.3. The Morgan fingerprint density at radius 1 is 1.53 bits per heavy atom. The van der Waals surface area contributed by atoms with Crippen molar-refractivity contribution in [1.82, 2.24) is 15.1 Å². The van der Waals surface area contributed by atoms with Gasteiger partial charge in [0.2, 0.25) is 5.91 Å². The van der Waals surface area contributed by atoms with E-state index in [-0.39, 0.29) is 11.5 Å². The van der Waals surface area contributed by atoms with Crippen LogP contribution in [0.4, 0.5) is 0 Å². The van der Waals surface area contributed by atoms with Crippen LogP contribution in [-0.4, -0.2) is 32.9 Å². The predicted octanol–water partition coefficient (Wildman–Crippen LogP) is 0.215. The van der Waals surface area contributed by atoms with Crippen molar-refractivity contribution in [3.63, 3.8) is 0 Å². The van der Waals surface area contributed by atoms with Gasteiger partial charge in [0.05, 0.1) is 12.1 Å². The van der Waals surface area contributed by atoms with Gasteiger partial charge in [0.25, 0.3) is 5.56 Å². The summed E-state index contributed by atoms with van der Waals surface area (Å²) in [5.74, 6) is -0.122. The SMILES string of the molecule is CC(Cl)C(=O)N1CCc2[nH][nH]c(=O)c2C1. The Hall–Kier alpha value is -1.23. The minimum Gasteiger partial charge on any atom is -0.336 e. The van der Waals surface area contributed by atoms with Crippen LogP contribution in [0.25, 0.3) is 0 Å². The van der Waals surface area contributed by atoms with Gasteiger partial charge in [-0.05, 0) is 6.92 Å². The topological polar surface area (TPSA) is 69.0 Å². The quantitative estimate of drug-likeness (QED) is 0.677. The van der Waals surface area contributed by atoms with Gasteiger partial charge in [0.15, 0.2) is 0 Å². The minimum absolute atomic E-state index is 0.122. The van der Waals surface area contributed by atoms with E-state index in [4.69, 9.17) is 11.6 Å². The van der Waals surface area contributed by atoms with Crippen LogP contribution in [0.3, 0.4) is 0 Å². The maximum atomic E-state index is 11.6. The first-order valence-corrected chi connectivity index (χ1v) is 5.24. The van der Waals surface area contributed by atoms with Crippen LogP contribution in [0.2, 0.25) is 0 Å². The monoisotopic (exact) mass is 229 g/mol. The van der Waals surface area contributed by atoms with Crippen molar-refractivity contribution in [2.24, 2.45) is 0 Å². The highest BCUT2D eigenvalue weighted by Gasteiger charge is 2.25. The summed E-state index contributed by atoms with van der Waals surface area (Å²) in [6, 6.07) is 0. The van der Waals surface area contributed by atoms with E-state index in [9.17, 15) is 9.59 Å². The maximum Gasteiger partial charge on any atom is 0.269 e. The summed E-state index contributed by atoms with van der Waals surface area (Å²) in [5.41, 5.74) is 1.39. The number of aromatic amines is 2. The molecule has 0 fully saturated rings. The van der Waals surface area contributed by atoms with Gasteiger partial charge >= 0.3 is 0 Å². The molecule has 1 aromatic rings. The first-order valence-electron chi connectivity index (χ1n) is 4.81. The molecule has 82 valence electrons. The van der Waals surface area contributed by atoms with Crippen LogP contribution in [0.15, 0.2) is 4.79 Å². The molecule has 0 saturated carbocycles. The molecule has 1 atom stereocenters. The fourth-order valence-corrected chi connectivity index (χ4v) is 1.90. The summed E-state index contributed by atoms with van der Waals surface area (Å²) in [6.45, 7) is 2.60. The van der Waals surface area contributed by atoms with E-state index in [0.717, 1.165) is 5.69 Å². The van der Waals surface area contributed by atoms with E-state index in [2.05, 4.69) is 10.2 Å². The summed E-state index contributed by atoms with van der Waals surface area (Å²) >= 11 is 5.72. The number of carbonyl (C=O) groups excluding carboxylic acids is 1. The third kappa shape index (κ3) is 1.79. The Morgan fingerprint density at radius 3 is 2.93 bits per heavy atom. The van der Waals surface area contributed by atoms with Crippen molar-refractivity contribution >= 4 is 17.5 Å².